The largest absolute Gasteiger partial charge is 0.356 e. The molecule has 4 heterocycles. The van der Waals surface area contributed by atoms with Gasteiger partial charge in [0.15, 0.2) is 5.65 Å². The average Bonchev–Trinajstić information content (AvgIpc) is 3.43. The fourth-order valence-corrected chi connectivity index (χ4v) is 4.60. The maximum absolute atomic E-state index is 6.17. The lowest BCUT2D eigenvalue weighted by Crippen LogP contribution is -2.34. The lowest BCUT2D eigenvalue weighted by Gasteiger charge is -2.32. The summed E-state index contributed by atoms with van der Waals surface area (Å²) in [5.41, 5.74) is 3.80. The number of hydrogen-bond donors (Lipinski definition) is 1. The van der Waals surface area contributed by atoms with Gasteiger partial charge in [-0.3, -0.25) is 0 Å². The average molecular weight is 430 g/mol. The molecule has 3 aromatic heterocycles. The van der Waals surface area contributed by atoms with E-state index in [0.29, 0.717) is 10.9 Å². The monoisotopic (exact) mass is 429 g/mol. The molecule has 5 aromatic rings. The van der Waals surface area contributed by atoms with Gasteiger partial charge in [-0.05, 0) is 43.2 Å². The third-order valence-corrected chi connectivity index (χ3v) is 6.22. The number of fused-ring (bicyclic) bond motifs is 2. The summed E-state index contributed by atoms with van der Waals surface area (Å²) in [5, 5.41) is 6.18. The van der Waals surface area contributed by atoms with Crippen molar-refractivity contribution in [1.82, 2.24) is 29.7 Å². The molecule has 6 rings (SSSR count). The van der Waals surface area contributed by atoms with E-state index >= 15 is 0 Å². The Morgan fingerprint density at radius 1 is 1.00 bits per heavy atom. The van der Waals surface area contributed by atoms with Gasteiger partial charge in [0.05, 0.1) is 28.3 Å². The molecule has 31 heavy (non-hydrogen) atoms. The number of benzene rings is 2. The zero-order chi connectivity index (χ0) is 20.8. The van der Waals surface area contributed by atoms with Gasteiger partial charge in [0.2, 0.25) is 0 Å². The summed E-state index contributed by atoms with van der Waals surface area (Å²) in [5.74, 6) is 2.44. The second-order valence-corrected chi connectivity index (χ2v) is 8.31. The lowest BCUT2D eigenvalue weighted by atomic mass is 9.96. The smallest absolute Gasteiger partial charge is 0.168 e. The van der Waals surface area contributed by atoms with Crippen LogP contribution in [0.1, 0.15) is 24.6 Å². The van der Waals surface area contributed by atoms with Crippen LogP contribution < -0.4 is 4.90 Å². The SMILES string of the molecule is Clc1cccc(-n2ncc3c(N4CCC(c5nc6ccccc6[nH]5)CC4)ncnc32)c1. The molecule has 0 aliphatic carbocycles. The van der Waals surface area contributed by atoms with Gasteiger partial charge in [-0.15, -0.1) is 0 Å². The van der Waals surface area contributed by atoms with Gasteiger partial charge in [-0.25, -0.2) is 19.6 Å². The highest BCUT2D eigenvalue weighted by atomic mass is 35.5. The first-order chi connectivity index (χ1) is 15.3. The molecule has 0 spiro atoms. The molecule has 0 bridgehead atoms. The zero-order valence-electron chi connectivity index (χ0n) is 16.7. The minimum atomic E-state index is 0.426. The highest BCUT2D eigenvalue weighted by Gasteiger charge is 2.25. The molecule has 0 saturated carbocycles. The molecule has 1 aliphatic rings. The number of piperidine rings is 1. The number of nitrogens with zero attached hydrogens (tertiary/aromatic N) is 6. The van der Waals surface area contributed by atoms with Crippen molar-refractivity contribution in [3.63, 3.8) is 0 Å². The van der Waals surface area contributed by atoms with Gasteiger partial charge in [0, 0.05) is 24.0 Å². The van der Waals surface area contributed by atoms with Crippen LogP contribution in [0.25, 0.3) is 27.8 Å². The second kappa shape index (κ2) is 7.35. The van der Waals surface area contributed by atoms with E-state index in [-0.39, 0.29) is 0 Å². The Bertz CT molecular complexity index is 1350. The maximum atomic E-state index is 6.17. The van der Waals surface area contributed by atoms with Crippen molar-refractivity contribution in [2.75, 3.05) is 18.0 Å². The lowest BCUT2D eigenvalue weighted by molar-refractivity contribution is 0.488. The predicted molar refractivity (Wildman–Crippen MR) is 122 cm³/mol. The standard InChI is InChI=1S/C23H20ClN7/c24-16-4-3-5-17(12-16)31-23-18(13-27-31)22(25-14-26-23)30-10-8-15(9-11-30)21-28-19-6-1-2-7-20(19)29-21/h1-7,12-15H,8-11H2,(H,28,29). The van der Waals surface area contributed by atoms with E-state index in [4.69, 9.17) is 16.6 Å². The topological polar surface area (TPSA) is 75.5 Å². The van der Waals surface area contributed by atoms with Crippen molar-refractivity contribution in [2.24, 2.45) is 0 Å². The van der Waals surface area contributed by atoms with E-state index in [9.17, 15) is 0 Å². The maximum Gasteiger partial charge on any atom is 0.168 e. The van der Waals surface area contributed by atoms with Crippen LogP contribution in [0.2, 0.25) is 5.02 Å². The highest BCUT2D eigenvalue weighted by Crippen LogP contribution is 2.32. The summed E-state index contributed by atoms with van der Waals surface area (Å²) >= 11 is 6.17. The number of aromatic nitrogens is 6. The van der Waals surface area contributed by atoms with Crippen molar-refractivity contribution in [2.45, 2.75) is 18.8 Å². The van der Waals surface area contributed by atoms with E-state index in [1.807, 2.05) is 47.3 Å². The van der Waals surface area contributed by atoms with Crippen LogP contribution >= 0.6 is 11.6 Å². The van der Waals surface area contributed by atoms with E-state index < -0.39 is 0 Å². The summed E-state index contributed by atoms with van der Waals surface area (Å²) in [6.45, 7) is 1.83. The molecule has 7 nitrogen and oxygen atoms in total. The minimum absolute atomic E-state index is 0.426. The third-order valence-electron chi connectivity index (χ3n) is 5.99. The van der Waals surface area contributed by atoms with Crippen LogP contribution in [-0.4, -0.2) is 42.8 Å². The Labute approximate surface area is 183 Å². The fraction of sp³-hybridized carbons (Fsp3) is 0.217. The molecule has 0 atom stereocenters. The fourth-order valence-electron chi connectivity index (χ4n) is 4.41. The molecule has 0 radical (unpaired) electrons. The summed E-state index contributed by atoms with van der Waals surface area (Å²) in [4.78, 5) is 19.7. The number of hydrogen-bond acceptors (Lipinski definition) is 5. The molecule has 1 aliphatic heterocycles. The van der Waals surface area contributed by atoms with Crippen molar-refractivity contribution in [3.05, 3.63) is 71.9 Å². The Hall–Kier alpha value is -3.45. The van der Waals surface area contributed by atoms with Gasteiger partial charge >= 0.3 is 0 Å². The van der Waals surface area contributed by atoms with Crippen LogP contribution in [0.5, 0.6) is 0 Å². The zero-order valence-corrected chi connectivity index (χ0v) is 17.5. The van der Waals surface area contributed by atoms with Gasteiger partial charge in [0.1, 0.15) is 18.0 Å². The predicted octanol–water partition coefficient (Wildman–Crippen LogP) is 4.73. The normalized spacial score (nSPS) is 15.2. The Morgan fingerprint density at radius 2 is 1.87 bits per heavy atom. The first-order valence-corrected chi connectivity index (χ1v) is 10.8. The number of anilines is 1. The second-order valence-electron chi connectivity index (χ2n) is 7.87. The van der Waals surface area contributed by atoms with Crippen molar-refractivity contribution in [3.8, 4) is 5.69 Å². The summed E-state index contributed by atoms with van der Waals surface area (Å²) in [6.07, 6.45) is 5.50. The summed E-state index contributed by atoms with van der Waals surface area (Å²) < 4.78 is 1.81. The van der Waals surface area contributed by atoms with Crippen LogP contribution in [0.4, 0.5) is 5.82 Å². The first-order valence-electron chi connectivity index (χ1n) is 10.4. The molecule has 0 amide bonds. The Balaban J connectivity index is 1.27. The Morgan fingerprint density at radius 3 is 2.71 bits per heavy atom. The molecule has 0 unspecified atom stereocenters. The summed E-state index contributed by atoms with van der Waals surface area (Å²) in [7, 11) is 0. The van der Waals surface area contributed by atoms with E-state index in [1.54, 1.807) is 6.33 Å². The molecular weight excluding hydrogens is 410 g/mol. The van der Waals surface area contributed by atoms with Crippen LogP contribution in [0.3, 0.4) is 0 Å². The third kappa shape index (κ3) is 3.21. The number of H-pyrrole nitrogens is 1. The molecule has 154 valence electrons. The van der Waals surface area contributed by atoms with Gasteiger partial charge in [-0.1, -0.05) is 29.8 Å². The minimum Gasteiger partial charge on any atom is -0.356 e. The van der Waals surface area contributed by atoms with Gasteiger partial charge in [-0.2, -0.15) is 5.10 Å². The number of para-hydroxylation sites is 2. The number of nitrogens with one attached hydrogen (secondary N) is 1. The van der Waals surface area contributed by atoms with Crippen LogP contribution in [0, 0.1) is 0 Å². The molecular formula is C23H20ClN7. The molecule has 1 N–H and O–H groups in total. The van der Waals surface area contributed by atoms with E-state index in [0.717, 1.165) is 65.3 Å². The molecule has 1 saturated heterocycles. The quantitative estimate of drug-likeness (QED) is 0.448. The molecule has 2 aromatic carbocycles. The summed E-state index contributed by atoms with van der Waals surface area (Å²) in [6, 6.07) is 15.8. The van der Waals surface area contributed by atoms with Crippen LogP contribution in [0.15, 0.2) is 61.1 Å². The van der Waals surface area contributed by atoms with E-state index in [1.165, 1.54) is 0 Å². The number of imidazole rings is 1. The van der Waals surface area contributed by atoms with E-state index in [2.05, 4.69) is 37.1 Å². The first kappa shape index (κ1) is 18.3. The van der Waals surface area contributed by atoms with Crippen LogP contribution in [-0.2, 0) is 0 Å². The highest BCUT2D eigenvalue weighted by molar-refractivity contribution is 6.30. The number of aromatic amines is 1. The van der Waals surface area contributed by atoms with Crippen molar-refractivity contribution < 1.29 is 0 Å². The molecule has 1 fully saturated rings. The Kier molecular flexibility index (Phi) is 4.35. The number of rotatable bonds is 3. The number of halogens is 1. The molecule has 8 heteroatoms. The van der Waals surface area contributed by atoms with Gasteiger partial charge in [0.25, 0.3) is 0 Å². The van der Waals surface area contributed by atoms with Gasteiger partial charge < -0.3 is 9.88 Å². The van der Waals surface area contributed by atoms with Crippen molar-refractivity contribution in [1.29, 1.82) is 0 Å². The van der Waals surface area contributed by atoms with Crippen molar-refractivity contribution >= 4 is 39.5 Å².